The van der Waals surface area contributed by atoms with E-state index in [1.54, 1.807) is 31.4 Å². The van der Waals surface area contributed by atoms with Crippen LogP contribution in [0.15, 0.2) is 48.5 Å². The van der Waals surface area contributed by atoms with Gasteiger partial charge in [0, 0.05) is 5.56 Å². The van der Waals surface area contributed by atoms with Gasteiger partial charge in [-0.1, -0.05) is 29.8 Å². The van der Waals surface area contributed by atoms with Crippen LogP contribution < -0.4 is 10.1 Å². The highest BCUT2D eigenvalue weighted by molar-refractivity contribution is 5.96. The second kappa shape index (κ2) is 7.98. The molecule has 0 bridgehead atoms. The summed E-state index contributed by atoms with van der Waals surface area (Å²) in [4.78, 5) is 23.6. The number of amides is 1. The Balaban J connectivity index is 1.76. The highest BCUT2D eigenvalue weighted by Crippen LogP contribution is 2.11. The fourth-order valence-electron chi connectivity index (χ4n) is 1.90. The maximum Gasteiger partial charge on any atom is 0.325 e. The van der Waals surface area contributed by atoms with Gasteiger partial charge in [-0.15, -0.1) is 0 Å². The molecule has 2 rings (SSSR count). The number of ether oxygens (including phenoxy) is 2. The van der Waals surface area contributed by atoms with Crippen LogP contribution in [0.5, 0.6) is 5.75 Å². The zero-order valence-electron chi connectivity index (χ0n) is 13.2. The van der Waals surface area contributed by atoms with Crippen LogP contribution in [0.25, 0.3) is 0 Å². The SMILES string of the molecule is COc1ccc(C(=O)NCC(=O)OCc2ccc(C)cc2)cc1. The van der Waals surface area contributed by atoms with Crippen LogP contribution in [0.1, 0.15) is 21.5 Å². The topological polar surface area (TPSA) is 64.6 Å². The van der Waals surface area contributed by atoms with E-state index in [2.05, 4.69) is 5.32 Å². The first-order valence-corrected chi connectivity index (χ1v) is 7.22. The van der Waals surface area contributed by atoms with E-state index in [4.69, 9.17) is 9.47 Å². The molecule has 0 atom stereocenters. The summed E-state index contributed by atoms with van der Waals surface area (Å²) in [7, 11) is 1.55. The van der Waals surface area contributed by atoms with Gasteiger partial charge in [0.2, 0.25) is 0 Å². The van der Waals surface area contributed by atoms with Crippen molar-refractivity contribution in [1.29, 1.82) is 0 Å². The number of nitrogens with one attached hydrogen (secondary N) is 1. The molecule has 0 saturated carbocycles. The molecule has 1 N–H and O–H groups in total. The minimum absolute atomic E-state index is 0.170. The quantitative estimate of drug-likeness (QED) is 0.832. The molecule has 2 aromatic carbocycles. The van der Waals surface area contributed by atoms with Gasteiger partial charge in [0.15, 0.2) is 0 Å². The zero-order valence-corrected chi connectivity index (χ0v) is 13.2. The van der Waals surface area contributed by atoms with Gasteiger partial charge < -0.3 is 14.8 Å². The highest BCUT2D eigenvalue weighted by Gasteiger charge is 2.09. The van der Waals surface area contributed by atoms with Crippen molar-refractivity contribution in [2.75, 3.05) is 13.7 Å². The molecule has 0 aliphatic heterocycles. The van der Waals surface area contributed by atoms with Crippen molar-refractivity contribution in [2.45, 2.75) is 13.5 Å². The maximum atomic E-state index is 11.9. The fraction of sp³-hybridized carbons (Fsp3) is 0.222. The Hall–Kier alpha value is -2.82. The summed E-state index contributed by atoms with van der Waals surface area (Å²) in [6, 6.07) is 14.3. The van der Waals surface area contributed by atoms with Gasteiger partial charge in [0.05, 0.1) is 7.11 Å². The summed E-state index contributed by atoms with van der Waals surface area (Å²) in [5, 5.41) is 2.53. The molecular formula is C18H19NO4. The number of carbonyl (C=O) groups is 2. The summed E-state index contributed by atoms with van der Waals surface area (Å²) in [6.07, 6.45) is 0. The van der Waals surface area contributed by atoms with E-state index in [0.717, 1.165) is 11.1 Å². The van der Waals surface area contributed by atoms with Crippen molar-refractivity contribution in [3.05, 3.63) is 65.2 Å². The lowest BCUT2D eigenvalue weighted by Gasteiger charge is -2.07. The van der Waals surface area contributed by atoms with Crippen LogP contribution in [0.3, 0.4) is 0 Å². The fourth-order valence-corrected chi connectivity index (χ4v) is 1.90. The van der Waals surface area contributed by atoms with E-state index in [1.807, 2.05) is 31.2 Å². The summed E-state index contributed by atoms with van der Waals surface area (Å²) >= 11 is 0. The molecule has 0 unspecified atom stereocenters. The van der Waals surface area contributed by atoms with Gasteiger partial charge in [-0.2, -0.15) is 0 Å². The Morgan fingerprint density at radius 3 is 2.26 bits per heavy atom. The van der Waals surface area contributed by atoms with Crippen LogP contribution in [0, 0.1) is 6.92 Å². The summed E-state index contributed by atoms with van der Waals surface area (Å²) in [5.41, 5.74) is 2.51. The monoisotopic (exact) mass is 313 g/mol. The molecule has 1 amide bonds. The normalized spacial score (nSPS) is 10.0. The molecule has 5 heteroatoms. The lowest BCUT2D eigenvalue weighted by Crippen LogP contribution is -2.30. The molecule has 0 aliphatic rings. The smallest absolute Gasteiger partial charge is 0.325 e. The van der Waals surface area contributed by atoms with Gasteiger partial charge in [-0.05, 0) is 36.8 Å². The maximum absolute atomic E-state index is 11.9. The largest absolute Gasteiger partial charge is 0.497 e. The minimum Gasteiger partial charge on any atom is -0.497 e. The van der Waals surface area contributed by atoms with Crippen LogP contribution in [-0.2, 0) is 16.1 Å². The summed E-state index contributed by atoms with van der Waals surface area (Å²) < 4.78 is 10.1. The van der Waals surface area contributed by atoms with Crippen molar-refractivity contribution in [3.63, 3.8) is 0 Å². The predicted molar refractivity (Wildman–Crippen MR) is 86.3 cm³/mol. The van der Waals surface area contributed by atoms with Crippen LogP contribution in [0.4, 0.5) is 0 Å². The number of methoxy groups -OCH3 is 1. The third-order valence-electron chi connectivity index (χ3n) is 3.27. The number of benzene rings is 2. The van der Waals surface area contributed by atoms with Gasteiger partial charge in [-0.25, -0.2) is 0 Å². The summed E-state index contributed by atoms with van der Waals surface area (Å²) in [5.74, 6) is -0.147. The van der Waals surface area contributed by atoms with Crippen molar-refractivity contribution in [2.24, 2.45) is 0 Å². The predicted octanol–water partition coefficient (Wildman–Crippen LogP) is 2.48. The second-order valence-corrected chi connectivity index (χ2v) is 5.06. The van der Waals surface area contributed by atoms with E-state index in [0.29, 0.717) is 11.3 Å². The van der Waals surface area contributed by atoms with Crippen molar-refractivity contribution >= 4 is 11.9 Å². The molecule has 0 radical (unpaired) electrons. The molecule has 5 nitrogen and oxygen atoms in total. The molecular weight excluding hydrogens is 294 g/mol. The average molecular weight is 313 g/mol. The molecule has 2 aromatic rings. The summed E-state index contributed by atoms with van der Waals surface area (Å²) in [6.45, 7) is 2.01. The first kappa shape index (κ1) is 16.5. The number of aryl methyl sites for hydroxylation is 1. The lowest BCUT2D eigenvalue weighted by molar-refractivity contribution is -0.143. The van der Waals surface area contributed by atoms with E-state index in [-0.39, 0.29) is 19.1 Å². The Morgan fingerprint density at radius 1 is 1.00 bits per heavy atom. The first-order valence-electron chi connectivity index (χ1n) is 7.22. The van der Waals surface area contributed by atoms with Gasteiger partial charge in [0.1, 0.15) is 18.9 Å². The van der Waals surface area contributed by atoms with Crippen LogP contribution >= 0.6 is 0 Å². The van der Waals surface area contributed by atoms with Gasteiger partial charge in [-0.3, -0.25) is 9.59 Å². The molecule has 120 valence electrons. The third-order valence-corrected chi connectivity index (χ3v) is 3.27. The Bertz CT molecular complexity index is 662. The van der Waals surface area contributed by atoms with Gasteiger partial charge in [0.25, 0.3) is 5.91 Å². The van der Waals surface area contributed by atoms with Crippen molar-refractivity contribution < 1.29 is 19.1 Å². The molecule has 0 saturated heterocycles. The Labute approximate surface area is 135 Å². The standard InChI is InChI=1S/C18H19NO4/c1-13-3-5-14(6-4-13)12-23-17(20)11-19-18(21)15-7-9-16(22-2)10-8-15/h3-10H,11-12H2,1-2H3,(H,19,21). The van der Waals surface area contributed by atoms with Crippen LogP contribution in [0.2, 0.25) is 0 Å². The Morgan fingerprint density at radius 2 is 1.65 bits per heavy atom. The highest BCUT2D eigenvalue weighted by atomic mass is 16.5. The minimum atomic E-state index is -0.479. The molecule has 0 aromatic heterocycles. The second-order valence-electron chi connectivity index (χ2n) is 5.06. The van der Waals surface area contributed by atoms with Crippen molar-refractivity contribution in [3.8, 4) is 5.75 Å². The number of carbonyl (C=O) groups excluding carboxylic acids is 2. The molecule has 23 heavy (non-hydrogen) atoms. The molecule has 0 fully saturated rings. The van der Waals surface area contributed by atoms with Crippen LogP contribution in [-0.4, -0.2) is 25.5 Å². The zero-order chi connectivity index (χ0) is 16.7. The third kappa shape index (κ3) is 5.14. The van der Waals surface area contributed by atoms with Gasteiger partial charge >= 0.3 is 5.97 Å². The van der Waals surface area contributed by atoms with E-state index in [1.165, 1.54) is 0 Å². The molecule has 0 aliphatic carbocycles. The lowest BCUT2D eigenvalue weighted by atomic mass is 10.2. The van der Waals surface area contributed by atoms with E-state index < -0.39 is 5.97 Å². The molecule has 0 heterocycles. The number of rotatable bonds is 6. The molecule has 0 spiro atoms. The van der Waals surface area contributed by atoms with Crippen molar-refractivity contribution in [1.82, 2.24) is 5.32 Å². The Kier molecular flexibility index (Phi) is 5.74. The average Bonchev–Trinajstić information content (AvgIpc) is 2.59. The number of hydrogen-bond acceptors (Lipinski definition) is 4. The van der Waals surface area contributed by atoms with E-state index in [9.17, 15) is 9.59 Å². The number of esters is 1. The number of hydrogen-bond donors (Lipinski definition) is 1. The first-order chi connectivity index (χ1) is 11.1. The van der Waals surface area contributed by atoms with E-state index >= 15 is 0 Å².